The molecule has 1 aliphatic rings. The van der Waals surface area contributed by atoms with Crippen molar-refractivity contribution < 1.29 is 4.39 Å². The van der Waals surface area contributed by atoms with Crippen molar-refractivity contribution in [1.82, 2.24) is 35.0 Å². The summed E-state index contributed by atoms with van der Waals surface area (Å²) in [6, 6.07) is 12.8. The van der Waals surface area contributed by atoms with E-state index in [2.05, 4.69) is 43.9 Å². The van der Waals surface area contributed by atoms with Crippen molar-refractivity contribution >= 4 is 22.5 Å². The maximum Gasteiger partial charge on any atom is 0.148 e. The summed E-state index contributed by atoms with van der Waals surface area (Å²) in [6.07, 6.45) is 5.17. The van der Waals surface area contributed by atoms with Crippen molar-refractivity contribution in [2.24, 2.45) is 0 Å². The highest BCUT2D eigenvalue weighted by molar-refractivity contribution is 6.01. The Hall–Kier alpha value is -4.31. The number of nitrogens with two attached hydrogens (primary N) is 1. The van der Waals surface area contributed by atoms with E-state index in [9.17, 15) is 4.39 Å². The highest BCUT2D eigenvalue weighted by atomic mass is 19.1. The zero-order valence-corrected chi connectivity index (χ0v) is 17.8. The maximum atomic E-state index is 14.1. The molecule has 4 heterocycles. The Morgan fingerprint density at radius 3 is 2.85 bits per heavy atom. The summed E-state index contributed by atoms with van der Waals surface area (Å²) in [4.78, 5) is 8.70. The zero-order valence-electron chi connectivity index (χ0n) is 17.8. The molecule has 1 aliphatic heterocycles. The number of anilines is 2. The Morgan fingerprint density at radius 1 is 1.09 bits per heavy atom. The van der Waals surface area contributed by atoms with Gasteiger partial charge in [0.25, 0.3) is 0 Å². The first-order valence-electron chi connectivity index (χ1n) is 10.4. The lowest BCUT2D eigenvalue weighted by Gasteiger charge is -2.11. The van der Waals surface area contributed by atoms with Gasteiger partial charge in [-0.25, -0.2) is 24.5 Å². The molecule has 0 amide bonds. The molecule has 3 aromatic heterocycles. The van der Waals surface area contributed by atoms with Crippen molar-refractivity contribution in [3.63, 3.8) is 0 Å². The number of hydrogen-bond acceptors (Lipinski definition) is 7. The number of fused-ring (bicyclic) bond motifs is 2. The predicted molar refractivity (Wildman–Crippen MR) is 123 cm³/mol. The van der Waals surface area contributed by atoms with Crippen LogP contribution in [0.1, 0.15) is 11.3 Å². The van der Waals surface area contributed by atoms with E-state index in [1.165, 1.54) is 22.6 Å². The first kappa shape index (κ1) is 19.4. The topological polar surface area (TPSA) is 103 Å². The Bertz CT molecular complexity index is 1500. The minimum absolute atomic E-state index is 0.345. The summed E-state index contributed by atoms with van der Waals surface area (Å²) in [7, 11) is 2.00. The van der Waals surface area contributed by atoms with E-state index < -0.39 is 0 Å². The number of halogens is 1. The molecule has 6 rings (SSSR count). The van der Waals surface area contributed by atoms with E-state index in [1.54, 1.807) is 24.4 Å². The minimum atomic E-state index is -0.361. The molecule has 0 saturated heterocycles. The molecule has 3 N–H and O–H groups in total. The van der Waals surface area contributed by atoms with E-state index in [0.717, 1.165) is 28.7 Å². The number of benzene rings is 2. The van der Waals surface area contributed by atoms with Crippen LogP contribution in [0.5, 0.6) is 0 Å². The van der Waals surface area contributed by atoms with Gasteiger partial charge in [-0.3, -0.25) is 0 Å². The second kappa shape index (κ2) is 7.38. The summed E-state index contributed by atoms with van der Waals surface area (Å²) < 4.78 is 17.5. The molecule has 0 radical (unpaired) electrons. The minimum Gasteiger partial charge on any atom is -0.383 e. The molecule has 0 unspecified atom stereocenters. The highest BCUT2D eigenvalue weighted by Gasteiger charge is 2.20. The van der Waals surface area contributed by atoms with Crippen molar-refractivity contribution in [3.05, 3.63) is 78.3 Å². The molecule has 0 aliphatic carbocycles. The Kier molecular flexibility index (Phi) is 4.34. The maximum absolute atomic E-state index is 14.1. The van der Waals surface area contributed by atoms with Crippen LogP contribution in [0.4, 0.5) is 15.9 Å². The van der Waals surface area contributed by atoms with Gasteiger partial charge in [-0.1, -0.05) is 23.4 Å². The Morgan fingerprint density at radius 2 is 1.97 bits per heavy atom. The lowest BCUT2D eigenvalue weighted by atomic mass is 10.0. The second-order valence-corrected chi connectivity index (χ2v) is 7.97. The molecule has 9 nitrogen and oxygen atoms in total. The van der Waals surface area contributed by atoms with Crippen LogP contribution in [0.3, 0.4) is 0 Å². The lowest BCUT2D eigenvalue weighted by molar-refractivity contribution is 0.607. The number of para-hydroxylation sites is 1. The van der Waals surface area contributed by atoms with Crippen LogP contribution in [0.2, 0.25) is 0 Å². The normalized spacial score (nSPS) is 13.1. The van der Waals surface area contributed by atoms with E-state index in [4.69, 9.17) is 5.73 Å². The van der Waals surface area contributed by atoms with Crippen molar-refractivity contribution in [1.29, 1.82) is 0 Å². The molecule has 0 bridgehead atoms. The molecular formula is C23H20FN9. The lowest BCUT2D eigenvalue weighted by Crippen LogP contribution is -2.26. The standard InChI is InChI=1S/C23H20FN9/c1-31-19-7-6-14(8-15(19)9-28-31)17-12-32(23-21(17)22(25)26-13-27-23)10-16-11-33(30-29-16)20-5-3-2-4-18(20)24/h2-8,11-13,28H,9-10H2,1H3,(H2,25,26,27). The number of rotatable bonds is 4. The van der Waals surface area contributed by atoms with Gasteiger partial charge >= 0.3 is 0 Å². The number of hydrogen-bond donors (Lipinski definition) is 2. The largest absolute Gasteiger partial charge is 0.383 e. The average Bonchev–Trinajstić information content (AvgIpc) is 3.53. The van der Waals surface area contributed by atoms with Crippen LogP contribution < -0.4 is 16.2 Å². The fourth-order valence-corrected chi connectivity index (χ4v) is 4.30. The van der Waals surface area contributed by atoms with Gasteiger partial charge in [0, 0.05) is 25.4 Å². The van der Waals surface area contributed by atoms with Crippen LogP contribution in [-0.4, -0.2) is 36.6 Å². The Balaban J connectivity index is 1.41. The molecule has 0 saturated carbocycles. The molecule has 0 spiro atoms. The number of nitrogens with one attached hydrogen (secondary N) is 1. The van der Waals surface area contributed by atoms with Gasteiger partial charge in [0.2, 0.25) is 0 Å². The number of nitrogens with zero attached hydrogens (tertiary/aromatic N) is 7. The summed E-state index contributed by atoms with van der Waals surface area (Å²) in [6.45, 7) is 1.17. The SMILES string of the molecule is CN1NCc2cc(-c3cn(Cc4cn(-c5ccccc5F)nn4)c4ncnc(N)c34)ccc21. The fourth-order valence-electron chi connectivity index (χ4n) is 4.30. The summed E-state index contributed by atoms with van der Waals surface area (Å²) in [5, 5.41) is 11.1. The zero-order chi connectivity index (χ0) is 22.5. The second-order valence-electron chi connectivity index (χ2n) is 7.97. The fraction of sp³-hybridized carbons (Fsp3) is 0.130. The predicted octanol–water partition coefficient (Wildman–Crippen LogP) is 2.90. The molecule has 5 aromatic rings. The van der Waals surface area contributed by atoms with Crippen LogP contribution >= 0.6 is 0 Å². The molecule has 164 valence electrons. The average molecular weight is 441 g/mol. The molecule has 0 fully saturated rings. The number of hydrazine groups is 1. The third kappa shape index (κ3) is 3.19. The van der Waals surface area contributed by atoms with E-state index in [-0.39, 0.29) is 5.82 Å². The van der Waals surface area contributed by atoms with Gasteiger partial charge in [-0.15, -0.1) is 5.10 Å². The van der Waals surface area contributed by atoms with E-state index in [1.807, 2.05) is 22.8 Å². The smallest absolute Gasteiger partial charge is 0.148 e. The molecule has 2 aromatic carbocycles. The first-order chi connectivity index (χ1) is 16.1. The third-order valence-corrected chi connectivity index (χ3v) is 5.91. The van der Waals surface area contributed by atoms with Crippen LogP contribution in [0, 0.1) is 5.82 Å². The molecule has 0 atom stereocenters. The van der Waals surface area contributed by atoms with Gasteiger partial charge in [0.05, 0.1) is 23.8 Å². The summed E-state index contributed by atoms with van der Waals surface area (Å²) in [5.41, 5.74) is 15.6. The van der Waals surface area contributed by atoms with Crippen LogP contribution in [0.15, 0.2) is 61.2 Å². The van der Waals surface area contributed by atoms with Crippen molar-refractivity contribution in [3.8, 4) is 16.8 Å². The van der Waals surface area contributed by atoms with Crippen LogP contribution in [-0.2, 0) is 13.1 Å². The van der Waals surface area contributed by atoms with Crippen LogP contribution in [0.25, 0.3) is 27.8 Å². The van der Waals surface area contributed by atoms with Crippen molar-refractivity contribution in [2.45, 2.75) is 13.1 Å². The monoisotopic (exact) mass is 441 g/mol. The molecular weight excluding hydrogens is 421 g/mol. The van der Waals surface area contributed by atoms with E-state index >= 15 is 0 Å². The Labute approximate surface area is 188 Å². The molecule has 33 heavy (non-hydrogen) atoms. The summed E-state index contributed by atoms with van der Waals surface area (Å²) >= 11 is 0. The van der Waals surface area contributed by atoms with E-state index in [0.29, 0.717) is 29.4 Å². The van der Waals surface area contributed by atoms with Gasteiger partial charge in [0.15, 0.2) is 0 Å². The quantitative estimate of drug-likeness (QED) is 0.442. The van der Waals surface area contributed by atoms with Gasteiger partial charge in [-0.05, 0) is 35.4 Å². The highest BCUT2D eigenvalue weighted by Crippen LogP contribution is 2.36. The van der Waals surface area contributed by atoms with Gasteiger partial charge in [-0.2, -0.15) is 0 Å². The third-order valence-electron chi connectivity index (χ3n) is 5.91. The number of aromatic nitrogens is 6. The van der Waals surface area contributed by atoms with Crippen molar-refractivity contribution in [2.75, 3.05) is 17.8 Å². The first-order valence-corrected chi connectivity index (χ1v) is 10.4. The van der Waals surface area contributed by atoms with Gasteiger partial charge in [0.1, 0.15) is 35.0 Å². The summed E-state index contributed by atoms with van der Waals surface area (Å²) in [5.74, 6) is 0.0550. The number of nitrogen functional groups attached to an aromatic ring is 1. The van der Waals surface area contributed by atoms with Gasteiger partial charge < -0.3 is 15.3 Å². The molecule has 10 heteroatoms.